The fourth-order valence-corrected chi connectivity index (χ4v) is 1.56. The molecule has 0 aromatic rings. The molecule has 0 saturated carbocycles. The summed E-state index contributed by atoms with van der Waals surface area (Å²) < 4.78 is 0. The SMILES string of the molecule is CCC(C#N)NC(C)CCSC. The summed E-state index contributed by atoms with van der Waals surface area (Å²) in [6, 6.07) is 2.73. The normalized spacial score (nSPS) is 15.2. The zero-order valence-electron chi connectivity index (χ0n) is 8.13. The van der Waals surface area contributed by atoms with E-state index in [0.717, 1.165) is 18.6 Å². The lowest BCUT2D eigenvalue weighted by Gasteiger charge is -2.16. The molecule has 2 atom stereocenters. The largest absolute Gasteiger partial charge is 0.299 e. The third kappa shape index (κ3) is 5.45. The fourth-order valence-electron chi connectivity index (χ4n) is 0.968. The molecule has 70 valence electrons. The Balaban J connectivity index is 3.53. The van der Waals surface area contributed by atoms with Crippen LogP contribution in [0.3, 0.4) is 0 Å². The summed E-state index contributed by atoms with van der Waals surface area (Å²) in [4.78, 5) is 0. The number of nitrogens with one attached hydrogen (secondary N) is 1. The van der Waals surface area contributed by atoms with Crippen LogP contribution in [0.4, 0.5) is 0 Å². The Kier molecular flexibility index (Phi) is 7.33. The van der Waals surface area contributed by atoms with Gasteiger partial charge in [-0.3, -0.25) is 5.32 Å². The number of hydrogen-bond donors (Lipinski definition) is 1. The summed E-state index contributed by atoms with van der Waals surface area (Å²) in [5.74, 6) is 1.16. The van der Waals surface area contributed by atoms with Gasteiger partial charge in [0.05, 0.1) is 12.1 Å². The number of rotatable bonds is 6. The molecule has 0 saturated heterocycles. The van der Waals surface area contributed by atoms with Crippen molar-refractivity contribution >= 4 is 11.8 Å². The van der Waals surface area contributed by atoms with Gasteiger partial charge in [0.1, 0.15) is 0 Å². The second-order valence-electron chi connectivity index (χ2n) is 2.94. The van der Waals surface area contributed by atoms with Gasteiger partial charge in [0.15, 0.2) is 0 Å². The van der Waals surface area contributed by atoms with Crippen molar-refractivity contribution in [3.63, 3.8) is 0 Å². The lowest BCUT2D eigenvalue weighted by Crippen LogP contribution is -2.35. The number of nitriles is 1. The van der Waals surface area contributed by atoms with Crippen LogP contribution in [0.15, 0.2) is 0 Å². The van der Waals surface area contributed by atoms with E-state index in [4.69, 9.17) is 5.26 Å². The minimum Gasteiger partial charge on any atom is -0.299 e. The van der Waals surface area contributed by atoms with Crippen molar-refractivity contribution in [1.82, 2.24) is 5.32 Å². The Morgan fingerprint density at radius 3 is 2.67 bits per heavy atom. The Morgan fingerprint density at radius 2 is 2.25 bits per heavy atom. The Bertz CT molecular complexity index is 142. The molecule has 1 N–H and O–H groups in total. The molecule has 0 radical (unpaired) electrons. The van der Waals surface area contributed by atoms with Crippen molar-refractivity contribution in [3.8, 4) is 6.07 Å². The predicted molar refractivity (Wildman–Crippen MR) is 55.3 cm³/mol. The summed E-state index contributed by atoms with van der Waals surface area (Å²) in [6.45, 7) is 4.17. The fraction of sp³-hybridized carbons (Fsp3) is 0.889. The smallest absolute Gasteiger partial charge is 0.0952 e. The van der Waals surface area contributed by atoms with E-state index >= 15 is 0 Å². The van der Waals surface area contributed by atoms with E-state index in [0.29, 0.717) is 6.04 Å². The van der Waals surface area contributed by atoms with Crippen molar-refractivity contribution in [2.24, 2.45) is 0 Å². The minimum atomic E-state index is 0.0295. The molecule has 0 aromatic carbocycles. The average molecular weight is 186 g/mol. The molecule has 0 fully saturated rings. The van der Waals surface area contributed by atoms with Crippen LogP contribution in [0.1, 0.15) is 26.7 Å². The van der Waals surface area contributed by atoms with Gasteiger partial charge < -0.3 is 0 Å². The molecule has 2 nitrogen and oxygen atoms in total. The minimum absolute atomic E-state index is 0.0295. The number of thioether (sulfide) groups is 1. The van der Waals surface area contributed by atoms with Crippen LogP contribution in [0.5, 0.6) is 0 Å². The molecule has 0 heterocycles. The van der Waals surface area contributed by atoms with Crippen molar-refractivity contribution < 1.29 is 0 Å². The highest BCUT2D eigenvalue weighted by Gasteiger charge is 2.07. The molecule has 0 spiro atoms. The molecule has 3 heteroatoms. The molecule has 0 rings (SSSR count). The maximum absolute atomic E-state index is 8.68. The van der Waals surface area contributed by atoms with Crippen LogP contribution < -0.4 is 5.32 Å². The molecular formula is C9H18N2S. The van der Waals surface area contributed by atoms with Gasteiger partial charge >= 0.3 is 0 Å². The van der Waals surface area contributed by atoms with Gasteiger partial charge in [-0.05, 0) is 31.8 Å². The van der Waals surface area contributed by atoms with Crippen LogP contribution in [0.25, 0.3) is 0 Å². The van der Waals surface area contributed by atoms with E-state index in [1.54, 1.807) is 0 Å². The molecule has 0 amide bonds. The standard InChI is InChI=1S/C9H18N2S/c1-4-9(7-10)11-8(2)5-6-12-3/h8-9,11H,4-6H2,1-3H3. The van der Waals surface area contributed by atoms with Gasteiger partial charge in [-0.25, -0.2) is 0 Å². The highest BCUT2D eigenvalue weighted by Crippen LogP contribution is 2.01. The summed E-state index contributed by atoms with van der Waals surface area (Å²) in [7, 11) is 0. The second-order valence-corrected chi connectivity index (χ2v) is 3.92. The summed E-state index contributed by atoms with van der Waals surface area (Å²) in [5, 5.41) is 12.0. The quantitative estimate of drug-likeness (QED) is 0.689. The van der Waals surface area contributed by atoms with Gasteiger partial charge in [0.25, 0.3) is 0 Å². The molecule has 12 heavy (non-hydrogen) atoms. The van der Waals surface area contributed by atoms with Gasteiger partial charge in [-0.1, -0.05) is 6.92 Å². The van der Waals surface area contributed by atoms with Crippen molar-refractivity contribution in [1.29, 1.82) is 5.26 Å². The lowest BCUT2D eigenvalue weighted by molar-refractivity contribution is 0.485. The maximum Gasteiger partial charge on any atom is 0.0952 e. The summed E-state index contributed by atoms with van der Waals surface area (Å²) in [6.07, 6.45) is 4.13. The van der Waals surface area contributed by atoms with Gasteiger partial charge in [-0.15, -0.1) is 0 Å². The molecule has 0 aliphatic heterocycles. The van der Waals surface area contributed by atoms with E-state index in [-0.39, 0.29) is 6.04 Å². The first-order chi connectivity index (χ1) is 5.74. The van der Waals surface area contributed by atoms with E-state index in [2.05, 4.69) is 24.6 Å². The zero-order chi connectivity index (χ0) is 9.40. The van der Waals surface area contributed by atoms with Crippen LogP contribution in [-0.2, 0) is 0 Å². The van der Waals surface area contributed by atoms with Crippen LogP contribution in [0.2, 0.25) is 0 Å². The molecule has 2 unspecified atom stereocenters. The van der Waals surface area contributed by atoms with E-state index < -0.39 is 0 Å². The molecule has 0 aromatic heterocycles. The van der Waals surface area contributed by atoms with Gasteiger partial charge in [0, 0.05) is 6.04 Å². The first-order valence-electron chi connectivity index (χ1n) is 4.39. The van der Waals surface area contributed by atoms with Crippen molar-refractivity contribution in [2.45, 2.75) is 38.8 Å². The number of hydrogen-bond acceptors (Lipinski definition) is 3. The van der Waals surface area contributed by atoms with Crippen molar-refractivity contribution in [3.05, 3.63) is 0 Å². The first kappa shape index (κ1) is 11.8. The molecular weight excluding hydrogens is 168 g/mol. The van der Waals surface area contributed by atoms with E-state index in [1.165, 1.54) is 0 Å². The molecule has 0 aliphatic carbocycles. The topological polar surface area (TPSA) is 35.8 Å². The van der Waals surface area contributed by atoms with E-state index in [1.807, 2.05) is 18.7 Å². The van der Waals surface area contributed by atoms with Crippen LogP contribution in [-0.4, -0.2) is 24.1 Å². The predicted octanol–water partition coefficient (Wildman–Crippen LogP) is 2.02. The molecule has 0 aliphatic rings. The van der Waals surface area contributed by atoms with Gasteiger partial charge in [0.2, 0.25) is 0 Å². The monoisotopic (exact) mass is 186 g/mol. The van der Waals surface area contributed by atoms with E-state index in [9.17, 15) is 0 Å². The maximum atomic E-state index is 8.68. The second kappa shape index (κ2) is 7.45. The van der Waals surface area contributed by atoms with Crippen molar-refractivity contribution in [2.75, 3.05) is 12.0 Å². The highest BCUT2D eigenvalue weighted by molar-refractivity contribution is 7.98. The van der Waals surface area contributed by atoms with Crippen LogP contribution >= 0.6 is 11.8 Å². The summed E-state index contributed by atoms with van der Waals surface area (Å²) in [5.41, 5.74) is 0. The third-order valence-electron chi connectivity index (χ3n) is 1.80. The Morgan fingerprint density at radius 1 is 1.58 bits per heavy atom. The number of nitrogens with zero attached hydrogens (tertiary/aromatic N) is 1. The highest BCUT2D eigenvalue weighted by atomic mass is 32.2. The zero-order valence-corrected chi connectivity index (χ0v) is 8.95. The Hall–Kier alpha value is -0.200. The lowest BCUT2D eigenvalue weighted by atomic mass is 10.2. The van der Waals surface area contributed by atoms with Gasteiger partial charge in [-0.2, -0.15) is 17.0 Å². The van der Waals surface area contributed by atoms with Crippen LogP contribution in [0, 0.1) is 11.3 Å². The first-order valence-corrected chi connectivity index (χ1v) is 5.78. The average Bonchev–Trinajstić information content (AvgIpc) is 2.10. The molecule has 0 bridgehead atoms. The third-order valence-corrected chi connectivity index (χ3v) is 2.45. The summed E-state index contributed by atoms with van der Waals surface area (Å²) >= 11 is 1.85. The Labute approximate surface area is 79.7 Å².